The summed E-state index contributed by atoms with van der Waals surface area (Å²) in [5.74, 6) is 0.870. The minimum atomic E-state index is 0.870. The summed E-state index contributed by atoms with van der Waals surface area (Å²) < 4.78 is 0. The molecule has 2 N–H and O–H groups in total. The topological polar surface area (TPSA) is 36.4 Å². The molecule has 0 atom stereocenters. The maximum absolute atomic E-state index is 4.60. The Kier molecular flexibility index (Phi) is 2.66. The first-order valence-corrected chi connectivity index (χ1v) is 5.99. The smallest absolute Gasteiger partial charge is 0.144 e. The van der Waals surface area contributed by atoms with Crippen molar-refractivity contribution in [1.82, 2.24) is 5.43 Å². The van der Waals surface area contributed by atoms with Crippen LogP contribution in [0.3, 0.4) is 0 Å². The van der Waals surface area contributed by atoms with E-state index in [2.05, 4.69) is 34.1 Å². The van der Waals surface area contributed by atoms with E-state index < -0.39 is 0 Å². The molecule has 0 spiro atoms. The molecule has 3 nitrogen and oxygen atoms in total. The van der Waals surface area contributed by atoms with E-state index in [-0.39, 0.29) is 0 Å². The van der Waals surface area contributed by atoms with Gasteiger partial charge in [0.2, 0.25) is 0 Å². The highest BCUT2D eigenvalue weighted by Crippen LogP contribution is 2.20. The Morgan fingerprint density at radius 3 is 2.88 bits per heavy atom. The third-order valence-electron chi connectivity index (χ3n) is 2.99. The molecule has 1 aliphatic carbocycles. The third kappa shape index (κ3) is 2.23. The number of para-hydroxylation sites is 1. The van der Waals surface area contributed by atoms with E-state index in [1.807, 2.05) is 24.3 Å². The number of anilines is 1. The van der Waals surface area contributed by atoms with Crippen molar-refractivity contribution in [2.75, 3.05) is 5.43 Å². The molecule has 1 aliphatic heterocycles. The lowest BCUT2D eigenvalue weighted by Gasteiger charge is -2.08. The zero-order valence-electron chi connectivity index (χ0n) is 9.61. The van der Waals surface area contributed by atoms with Crippen molar-refractivity contribution in [2.24, 2.45) is 4.99 Å². The first kappa shape index (κ1) is 10.1. The monoisotopic (exact) mass is 225 g/mol. The van der Waals surface area contributed by atoms with Gasteiger partial charge in [0.25, 0.3) is 0 Å². The van der Waals surface area contributed by atoms with Gasteiger partial charge in [0.05, 0.1) is 5.69 Å². The van der Waals surface area contributed by atoms with Gasteiger partial charge in [0.1, 0.15) is 5.84 Å². The molecule has 0 saturated heterocycles. The largest absolute Gasteiger partial charge is 0.299 e. The van der Waals surface area contributed by atoms with Gasteiger partial charge < -0.3 is 0 Å². The average molecular weight is 225 g/mol. The van der Waals surface area contributed by atoms with Gasteiger partial charge in [0, 0.05) is 5.70 Å². The predicted molar refractivity (Wildman–Crippen MR) is 71.6 cm³/mol. The minimum absolute atomic E-state index is 0.870. The maximum Gasteiger partial charge on any atom is 0.144 e. The van der Waals surface area contributed by atoms with Crippen LogP contribution in [-0.2, 0) is 0 Å². The number of fused-ring (bicyclic) bond motifs is 1. The van der Waals surface area contributed by atoms with E-state index in [9.17, 15) is 0 Å². The van der Waals surface area contributed by atoms with E-state index in [1.54, 1.807) is 0 Å². The van der Waals surface area contributed by atoms with Crippen molar-refractivity contribution in [3.8, 4) is 0 Å². The van der Waals surface area contributed by atoms with E-state index >= 15 is 0 Å². The lowest BCUT2D eigenvalue weighted by atomic mass is 10.2. The molecular weight excluding hydrogens is 210 g/mol. The molecule has 0 unspecified atom stereocenters. The number of benzene rings is 1. The van der Waals surface area contributed by atoms with E-state index in [1.165, 1.54) is 17.7 Å². The molecule has 3 rings (SSSR count). The lowest BCUT2D eigenvalue weighted by Crippen LogP contribution is -2.27. The van der Waals surface area contributed by atoms with Crippen LogP contribution >= 0.6 is 0 Å². The molecule has 2 aliphatic rings. The normalized spacial score (nSPS) is 20.2. The Bertz CT molecular complexity index is 512. The third-order valence-corrected chi connectivity index (χ3v) is 2.99. The van der Waals surface area contributed by atoms with Gasteiger partial charge in [-0.25, -0.2) is 4.99 Å². The highest BCUT2D eigenvalue weighted by Gasteiger charge is 2.07. The number of rotatable bonds is 1. The summed E-state index contributed by atoms with van der Waals surface area (Å²) in [4.78, 5) is 4.60. The number of aliphatic imine (C=N–C) groups is 1. The molecule has 0 amide bonds. The fraction of sp³-hybridized carbons (Fsp3) is 0.214. The Balaban J connectivity index is 1.84. The average Bonchev–Trinajstić information content (AvgIpc) is 2.78. The van der Waals surface area contributed by atoms with Crippen molar-refractivity contribution in [2.45, 2.75) is 19.3 Å². The first-order chi connectivity index (χ1) is 8.42. The fourth-order valence-corrected chi connectivity index (χ4v) is 2.07. The molecule has 1 heterocycles. The summed E-state index contributed by atoms with van der Waals surface area (Å²) >= 11 is 0. The summed E-state index contributed by atoms with van der Waals surface area (Å²) in [6.45, 7) is 0. The second kappa shape index (κ2) is 4.45. The summed E-state index contributed by atoms with van der Waals surface area (Å²) in [7, 11) is 0. The van der Waals surface area contributed by atoms with Crippen LogP contribution in [-0.4, -0.2) is 5.84 Å². The Hall–Kier alpha value is -2.03. The zero-order chi connectivity index (χ0) is 11.5. The standard InChI is InChI=1S/C14H15N3/c1-4-8-13-11(5-1)9-10-14(17-16-13)15-12-6-2-3-7-12/h1,4-6,8-10,16H,2-3,7H2,(H,15,17). The van der Waals surface area contributed by atoms with Crippen LogP contribution in [0, 0.1) is 0 Å². The fourth-order valence-electron chi connectivity index (χ4n) is 2.07. The highest BCUT2D eigenvalue weighted by molar-refractivity contribution is 5.99. The molecule has 86 valence electrons. The van der Waals surface area contributed by atoms with Crippen LogP contribution in [0.15, 0.2) is 47.1 Å². The summed E-state index contributed by atoms with van der Waals surface area (Å²) in [6.07, 6.45) is 9.77. The zero-order valence-corrected chi connectivity index (χ0v) is 9.61. The Morgan fingerprint density at radius 1 is 1.06 bits per heavy atom. The number of nitrogens with zero attached hydrogens (tertiary/aromatic N) is 1. The van der Waals surface area contributed by atoms with E-state index in [0.717, 1.165) is 24.4 Å². The molecular formula is C14H15N3. The van der Waals surface area contributed by atoms with Crippen LogP contribution in [0.25, 0.3) is 6.08 Å². The molecule has 1 aromatic carbocycles. The first-order valence-electron chi connectivity index (χ1n) is 5.99. The predicted octanol–water partition coefficient (Wildman–Crippen LogP) is 3.10. The highest BCUT2D eigenvalue weighted by atomic mass is 15.4. The minimum Gasteiger partial charge on any atom is -0.299 e. The van der Waals surface area contributed by atoms with Crippen molar-refractivity contribution in [1.29, 1.82) is 0 Å². The molecule has 0 fully saturated rings. The summed E-state index contributed by atoms with van der Waals surface area (Å²) in [6, 6.07) is 8.18. The van der Waals surface area contributed by atoms with Crippen LogP contribution in [0.1, 0.15) is 24.8 Å². The Morgan fingerprint density at radius 2 is 2.00 bits per heavy atom. The molecule has 0 bridgehead atoms. The van der Waals surface area contributed by atoms with Gasteiger partial charge in [-0.05, 0) is 43.0 Å². The van der Waals surface area contributed by atoms with Crippen LogP contribution in [0.2, 0.25) is 0 Å². The molecule has 0 saturated carbocycles. The van der Waals surface area contributed by atoms with Gasteiger partial charge >= 0.3 is 0 Å². The number of hydrogen-bond donors (Lipinski definition) is 2. The molecule has 1 aromatic rings. The van der Waals surface area contributed by atoms with E-state index in [0.29, 0.717) is 0 Å². The lowest BCUT2D eigenvalue weighted by molar-refractivity contribution is 0.898. The number of allylic oxidation sites excluding steroid dienone is 2. The van der Waals surface area contributed by atoms with Gasteiger partial charge in [-0.1, -0.05) is 24.3 Å². The number of amidine groups is 1. The van der Waals surface area contributed by atoms with Gasteiger partial charge in [-0.3, -0.25) is 10.9 Å². The van der Waals surface area contributed by atoms with Gasteiger partial charge in [0.15, 0.2) is 0 Å². The number of hydrogen-bond acceptors (Lipinski definition) is 2. The Labute approximate surface area is 101 Å². The van der Waals surface area contributed by atoms with Crippen LogP contribution in [0.5, 0.6) is 0 Å². The van der Waals surface area contributed by atoms with Crippen LogP contribution in [0.4, 0.5) is 5.69 Å². The maximum atomic E-state index is 4.60. The second-order valence-corrected chi connectivity index (χ2v) is 4.26. The molecule has 3 heteroatoms. The summed E-state index contributed by atoms with van der Waals surface area (Å²) in [5.41, 5.74) is 9.75. The van der Waals surface area contributed by atoms with Crippen LogP contribution < -0.4 is 10.9 Å². The van der Waals surface area contributed by atoms with Crippen molar-refractivity contribution in [3.05, 3.63) is 47.7 Å². The summed E-state index contributed by atoms with van der Waals surface area (Å²) in [5, 5.41) is 0. The molecule has 0 radical (unpaired) electrons. The van der Waals surface area contributed by atoms with Gasteiger partial charge in [-0.15, -0.1) is 0 Å². The SMILES string of the molecule is C1=Cc2ccccc2NNC1=NC1=CCCC1. The second-order valence-electron chi connectivity index (χ2n) is 4.26. The van der Waals surface area contributed by atoms with Crippen molar-refractivity contribution in [3.63, 3.8) is 0 Å². The number of nitrogens with one attached hydrogen (secondary N) is 2. The molecule has 0 aromatic heterocycles. The number of hydrazine groups is 1. The van der Waals surface area contributed by atoms with Crippen molar-refractivity contribution < 1.29 is 0 Å². The van der Waals surface area contributed by atoms with Crippen molar-refractivity contribution >= 4 is 17.6 Å². The molecule has 17 heavy (non-hydrogen) atoms. The quantitative estimate of drug-likeness (QED) is 0.770. The van der Waals surface area contributed by atoms with E-state index in [4.69, 9.17) is 0 Å². The van der Waals surface area contributed by atoms with Gasteiger partial charge in [-0.2, -0.15) is 0 Å².